The van der Waals surface area contributed by atoms with Crippen LogP contribution in [0.1, 0.15) is 10.8 Å². The number of fused-ring (bicyclic) bond motifs is 1. The highest BCUT2D eigenvalue weighted by Gasteiger charge is 2.39. The van der Waals surface area contributed by atoms with E-state index in [2.05, 4.69) is 0 Å². The third-order valence-electron chi connectivity index (χ3n) is 3.74. The van der Waals surface area contributed by atoms with Crippen LogP contribution in [-0.4, -0.2) is 28.2 Å². The molecule has 2 unspecified atom stereocenters. The van der Waals surface area contributed by atoms with Crippen LogP contribution in [0.15, 0.2) is 58.3 Å². The first-order chi connectivity index (χ1) is 10.7. The van der Waals surface area contributed by atoms with Gasteiger partial charge in [-0.25, -0.2) is 8.42 Å². The number of non-ortho nitro benzene ring substituents is 1. The van der Waals surface area contributed by atoms with Crippen LogP contribution in [-0.2, 0) is 9.84 Å². The van der Waals surface area contributed by atoms with Gasteiger partial charge in [-0.1, -0.05) is 18.2 Å². The Morgan fingerprint density at radius 3 is 2.35 bits per heavy atom. The number of nitro groups is 1. The second kappa shape index (κ2) is 5.31. The molecule has 122 valence electrons. The summed E-state index contributed by atoms with van der Waals surface area (Å²) in [5.41, 5.74) is 0.0834. The number of benzene rings is 2. The van der Waals surface area contributed by atoms with E-state index in [4.69, 9.17) is 0 Å². The molecule has 0 saturated heterocycles. The van der Waals surface area contributed by atoms with Gasteiger partial charge < -0.3 is 19.7 Å². The number of sulfone groups is 1. The summed E-state index contributed by atoms with van der Waals surface area (Å²) in [5, 5.41) is 9.51. The summed E-state index contributed by atoms with van der Waals surface area (Å²) in [7, 11) is -7.33. The largest absolute Gasteiger partial charge is 0.764 e. The molecule has 23 heavy (non-hydrogen) atoms. The third-order valence-corrected chi connectivity index (χ3v) is 7.89. The standard InChI is InChI=1S/C14H13NO6S2/c16-15(17)10-5-7-11(8-6-10)23(20,21)14-9-22(18,19)13-4-2-1-3-12(13)14/h1-8,14,18-19H,9H2/p-1. The van der Waals surface area contributed by atoms with Crippen LogP contribution in [0.5, 0.6) is 0 Å². The van der Waals surface area contributed by atoms with Crippen molar-refractivity contribution in [3.05, 3.63) is 64.2 Å². The molecule has 0 radical (unpaired) electrons. The Morgan fingerprint density at radius 1 is 1.13 bits per heavy atom. The van der Waals surface area contributed by atoms with Gasteiger partial charge in [-0.15, -0.1) is 0 Å². The Hall–Kier alpha value is -1.94. The van der Waals surface area contributed by atoms with Crippen LogP contribution < -0.4 is 0 Å². The van der Waals surface area contributed by atoms with Crippen molar-refractivity contribution in [2.24, 2.45) is 0 Å². The van der Waals surface area contributed by atoms with Gasteiger partial charge in [0.15, 0.2) is 9.84 Å². The van der Waals surface area contributed by atoms with E-state index in [1.54, 1.807) is 12.1 Å². The van der Waals surface area contributed by atoms with Crippen LogP contribution in [0.3, 0.4) is 0 Å². The highest BCUT2D eigenvalue weighted by atomic mass is 32.3. The second-order valence-electron chi connectivity index (χ2n) is 5.13. The summed E-state index contributed by atoms with van der Waals surface area (Å²) in [4.78, 5) is 10.1. The van der Waals surface area contributed by atoms with Crippen molar-refractivity contribution in [1.29, 1.82) is 0 Å². The lowest BCUT2D eigenvalue weighted by molar-refractivity contribution is -0.384. The van der Waals surface area contributed by atoms with Gasteiger partial charge in [-0.3, -0.25) is 10.1 Å². The van der Waals surface area contributed by atoms with Crippen LogP contribution in [0.2, 0.25) is 0 Å². The van der Waals surface area contributed by atoms with Crippen LogP contribution in [0, 0.1) is 10.1 Å². The molecular weight excluding hydrogens is 342 g/mol. The molecule has 0 aliphatic carbocycles. The molecule has 2 aromatic rings. The molecule has 3 rings (SSSR count). The highest BCUT2D eigenvalue weighted by Crippen LogP contribution is 2.60. The highest BCUT2D eigenvalue weighted by molar-refractivity contribution is 8.25. The molecule has 7 nitrogen and oxygen atoms in total. The average molecular weight is 354 g/mol. The number of nitrogens with zero attached hydrogens (tertiary/aromatic N) is 1. The number of hydrogen-bond donors (Lipinski definition) is 1. The van der Waals surface area contributed by atoms with E-state index in [9.17, 15) is 27.6 Å². The average Bonchev–Trinajstić information content (AvgIpc) is 2.80. The van der Waals surface area contributed by atoms with Gasteiger partial charge in [0, 0.05) is 22.8 Å². The summed E-state index contributed by atoms with van der Waals surface area (Å²) >= 11 is 0. The maximum Gasteiger partial charge on any atom is 0.269 e. The zero-order valence-corrected chi connectivity index (χ0v) is 13.3. The van der Waals surface area contributed by atoms with Gasteiger partial charge in [-0.2, -0.15) is 0 Å². The number of rotatable bonds is 3. The molecule has 9 heteroatoms. The van der Waals surface area contributed by atoms with Gasteiger partial charge in [0.25, 0.3) is 5.69 Å². The minimum Gasteiger partial charge on any atom is -0.764 e. The quantitative estimate of drug-likeness (QED) is 0.668. The molecule has 0 bridgehead atoms. The van der Waals surface area contributed by atoms with E-state index in [1.807, 2.05) is 0 Å². The maximum absolute atomic E-state index is 12.8. The third kappa shape index (κ3) is 2.61. The monoisotopic (exact) mass is 354 g/mol. The van der Waals surface area contributed by atoms with Crippen LogP contribution in [0.25, 0.3) is 0 Å². The molecule has 1 heterocycles. The lowest BCUT2D eigenvalue weighted by Crippen LogP contribution is -2.15. The summed E-state index contributed by atoms with van der Waals surface area (Å²) in [5.74, 6) is -0.411. The van der Waals surface area contributed by atoms with E-state index in [1.165, 1.54) is 12.1 Å². The van der Waals surface area contributed by atoms with Gasteiger partial charge in [0.1, 0.15) is 5.25 Å². The van der Waals surface area contributed by atoms with E-state index in [0.29, 0.717) is 5.56 Å². The minimum absolute atomic E-state index is 0.111. The first-order valence-corrected chi connectivity index (χ1v) is 9.78. The predicted octanol–water partition coefficient (Wildman–Crippen LogP) is 2.89. The maximum atomic E-state index is 12.8. The minimum atomic E-state index is -3.93. The Labute approximate surface area is 134 Å². The molecule has 0 spiro atoms. The Bertz CT molecular complexity index is 876. The van der Waals surface area contributed by atoms with E-state index in [0.717, 1.165) is 24.3 Å². The zero-order valence-electron chi connectivity index (χ0n) is 11.7. The van der Waals surface area contributed by atoms with Crippen molar-refractivity contribution in [1.82, 2.24) is 0 Å². The summed E-state index contributed by atoms with van der Waals surface area (Å²) < 4.78 is 47.8. The SMILES string of the molecule is O=[N+]([O-])c1ccc(S(=O)(=O)C2CS([O-])(O)c3ccccc32)cc1. The Kier molecular flexibility index (Phi) is 3.68. The summed E-state index contributed by atoms with van der Waals surface area (Å²) in [6, 6.07) is 10.7. The van der Waals surface area contributed by atoms with Crippen molar-refractivity contribution < 1.29 is 22.4 Å². The molecule has 2 atom stereocenters. The van der Waals surface area contributed by atoms with E-state index < -0.39 is 36.4 Å². The summed E-state index contributed by atoms with van der Waals surface area (Å²) in [6.07, 6.45) is 0. The molecule has 1 N–H and O–H groups in total. The molecule has 1 aliphatic heterocycles. The van der Waals surface area contributed by atoms with Gasteiger partial charge in [-0.05, 0) is 23.8 Å². The molecule has 0 fully saturated rings. The second-order valence-corrected chi connectivity index (χ2v) is 9.31. The van der Waals surface area contributed by atoms with Crippen molar-refractivity contribution in [3.8, 4) is 0 Å². The Morgan fingerprint density at radius 2 is 1.74 bits per heavy atom. The van der Waals surface area contributed by atoms with E-state index in [-0.39, 0.29) is 15.5 Å². The normalized spacial score (nSPS) is 26.3. The fraction of sp³-hybridized carbons (Fsp3) is 0.143. The van der Waals surface area contributed by atoms with Crippen LogP contribution >= 0.6 is 10.6 Å². The van der Waals surface area contributed by atoms with Gasteiger partial charge >= 0.3 is 0 Å². The Balaban J connectivity index is 2.06. The molecule has 2 aromatic carbocycles. The van der Waals surface area contributed by atoms with Crippen molar-refractivity contribution in [2.75, 3.05) is 5.75 Å². The predicted molar refractivity (Wildman–Crippen MR) is 83.6 cm³/mol. The number of nitro benzene ring substituents is 1. The first-order valence-electron chi connectivity index (χ1n) is 6.55. The van der Waals surface area contributed by atoms with Crippen molar-refractivity contribution in [3.63, 3.8) is 0 Å². The smallest absolute Gasteiger partial charge is 0.269 e. The fourth-order valence-electron chi connectivity index (χ4n) is 2.60. The topological polar surface area (TPSA) is 121 Å². The van der Waals surface area contributed by atoms with Crippen molar-refractivity contribution in [2.45, 2.75) is 15.0 Å². The van der Waals surface area contributed by atoms with Crippen molar-refractivity contribution >= 4 is 26.1 Å². The lowest BCUT2D eigenvalue weighted by atomic mass is 10.2. The molecular formula is C14H12NO6S2-. The van der Waals surface area contributed by atoms with Gasteiger partial charge in [0.05, 0.1) is 9.82 Å². The lowest BCUT2D eigenvalue weighted by Gasteiger charge is -2.42. The molecule has 1 aliphatic rings. The van der Waals surface area contributed by atoms with Crippen LogP contribution in [0.4, 0.5) is 5.69 Å². The molecule has 0 aromatic heterocycles. The zero-order chi connectivity index (χ0) is 16.8. The molecule has 0 saturated carbocycles. The fourth-order valence-corrected chi connectivity index (χ4v) is 6.97. The summed E-state index contributed by atoms with van der Waals surface area (Å²) in [6.45, 7) is 0. The van der Waals surface area contributed by atoms with E-state index >= 15 is 0 Å². The number of hydrogen-bond acceptors (Lipinski definition) is 6. The molecule has 0 amide bonds. The first kappa shape index (κ1) is 15.9. The van der Waals surface area contributed by atoms with Gasteiger partial charge in [0.2, 0.25) is 0 Å².